The number of nitrogens with one attached hydrogen (secondary N) is 1. The molecule has 1 aromatic rings. The summed E-state index contributed by atoms with van der Waals surface area (Å²) in [6, 6.07) is 8.64. The lowest BCUT2D eigenvalue weighted by Gasteiger charge is -2.40. The maximum Gasteiger partial charge on any atom is 0.233 e. The van der Waals surface area contributed by atoms with Crippen LogP contribution in [0.25, 0.3) is 0 Å². The first kappa shape index (κ1) is 15.5. The molecule has 2 fully saturated rings. The number of amides is 1. The molecule has 1 aliphatic carbocycles. The van der Waals surface area contributed by atoms with Gasteiger partial charge in [0.25, 0.3) is 0 Å². The second-order valence-electron chi connectivity index (χ2n) is 6.91. The zero-order chi connectivity index (χ0) is 15.4. The van der Waals surface area contributed by atoms with Gasteiger partial charge in [0, 0.05) is 19.6 Å². The second-order valence-corrected chi connectivity index (χ2v) is 6.91. The van der Waals surface area contributed by atoms with E-state index in [0.717, 1.165) is 45.4 Å². The standard InChI is InChI=1S/C19H28N2O/c1-16-7-5-8-17(15-16)19(9-3-2-4-10-19)18(22)21-13-6-11-20-12-14-21/h5,7-8,15,20H,2-4,6,9-14H2,1H3. The van der Waals surface area contributed by atoms with Gasteiger partial charge in [0.05, 0.1) is 5.41 Å². The first-order valence-corrected chi connectivity index (χ1v) is 8.80. The summed E-state index contributed by atoms with van der Waals surface area (Å²) in [6.45, 7) is 5.84. The summed E-state index contributed by atoms with van der Waals surface area (Å²) in [6.07, 6.45) is 6.70. The Morgan fingerprint density at radius 1 is 1.09 bits per heavy atom. The Bertz CT molecular complexity index is 512. The molecule has 0 atom stereocenters. The van der Waals surface area contributed by atoms with Gasteiger partial charge in [0.15, 0.2) is 0 Å². The molecule has 3 heteroatoms. The molecule has 22 heavy (non-hydrogen) atoms. The highest BCUT2D eigenvalue weighted by Crippen LogP contribution is 2.41. The summed E-state index contributed by atoms with van der Waals surface area (Å²) in [7, 11) is 0. The third-order valence-electron chi connectivity index (χ3n) is 5.31. The fourth-order valence-electron chi connectivity index (χ4n) is 4.08. The molecule has 3 nitrogen and oxygen atoms in total. The SMILES string of the molecule is Cc1cccc(C2(C(=O)N3CCCNCC3)CCCCC2)c1. The summed E-state index contributed by atoms with van der Waals surface area (Å²) in [5, 5.41) is 3.40. The maximum absolute atomic E-state index is 13.4. The number of aryl methyl sites for hydroxylation is 1. The molecule has 1 amide bonds. The van der Waals surface area contributed by atoms with Crippen molar-refractivity contribution < 1.29 is 4.79 Å². The first-order chi connectivity index (χ1) is 10.7. The van der Waals surface area contributed by atoms with Crippen LogP contribution < -0.4 is 5.32 Å². The van der Waals surface area contributed by atoms with Gasteiger partial charge in [-0.3, -0.25) is 4.79 Å². The highest BCUT2D eigenvalue weighted by Gasteiger charge is 2.43. The van der Waals surface area contributed by atoms with Gasteiger partial charge in [-0.05, 0) is 38.3 Å². The van der Waals surface area contributed by atoms with E-state index in [1.54, 1.807) is 0 Å². The highest BCUT2D eigenvalue weighted by molar-refractivity contribution is 5.88. The predicted molar refractivity (Wildman–Crippen MR) is 90.0 cm³/mol. The van der Waals surface area contributed by atoms with Crippen molar-refractivity contribution in [3.8, 4) is 0 Å². The van der Waals surface area contributed by atoms with Gasteiger partial charge in [0.2, 0.25) is 5.91 Å². The van der Waals surface area contributed by atoms with Crippen LogP contribution in [0.3, 0.4) is 0 Å². The van der Waals surface area contributed by atoms with Crippen LogP contribution in [0.15, 0.2) is 24.3 Å². The highest BCUT2D eigenvalue weighted by atomic mass is 16.2. The number of carbonyl (C=O) groups excluding carboxylic acids is 1. The monoisotopic (exact) mass is 300 g/mol. The largest absolute Gasteiger partial charge is 0.341 e. The van der Waals surface area contributed by atoms with Crippen molar-refractivity contribution in [3.63, 3.8) is 0 Å². The van der Waals surface area contributed by atoms with E-state index in [0.29, 0.717) is 5.91 Å². The van der Waals surface area contributed by atoms with Crippen molar-refractivity contribution in [1.82, 2.24) is 10.2 Å². The smallest absolute Gasteiger partial charge is 0.233 e. The Kier molecular flexibility index (Phi) is 4.82. The van der Waals surface area contributed by atoms with E-state index in [4.69, 9.17) is 0 Å². The van der Waals surface area contributed by atoms with Crippen molar-refractivity contribution in [1.29, 1.82) is 0 Å². The van der Waals surface area contributed by atoms with Gasteiger partial charge < -0.3 is 10.2 Å². The van der Waals surface area contributed by atoms with Gasteiger partial charge in [-0.25, -0.2) is 0 Å². The van der Waals surface area contributed by atoms with Crippen molar-refractivity contribution in [2.24, 2.45) is 0 Å². The average molecular weight is 300 g/mol. The molecule has 1 aromatic carbocycles. The molecule has 1 saturated carbocycles. The molecule has 1 N–H and O–H groups in total. The van der Waals surface area contributed by atoms with E-state index < -0.39 is 0 Å². The summed E-state index contributed by atoms with van der Waals surface area (Å²) in [4.78, 5) is 15.6. The van der Waals surface area contributed by atoms with Crippen LogP contribution in [0, 0.1) is 6.92 Å². The quantitative estimate of drug-likeness (QED) is 0.910. The molecule has 1 aliphatic heterocycles. The van der Waals surface area contributed by atoms with Crippen LogP contribution in [-0.2, 0) is 10.2 Å². The summed E-state index contributed by atoms with van der Waals surface area (Å²) in [5.41, 5.74) is 2.23. The first-order valence-electron chi connectivity index (χ1n) is 8.80. The Morgan fingerprint density at radius 2 is 1.91 bits per heavy atom. The normalized spacial score (nSPS) is 22.1. The second kappa shape index (κ2) is 6.82. The lowest BCUT2D eigenvalue weighted by atomic mass is 9.68. The summed E-state index contributed by atoms with van der Waals surface area (Å²) < 4.78 is 0. The van der Waals surface area contributed by atoms with Gasteiger partial charge >= 0.3 is 0 Å². The van der Waals surface area contributed by atoms with Gasteiger partial charge in [0.1, 0.15) is 0 Å². The van der Waals surface area contributed by atoms with E-state index in [2.05, 4.69) is 41.4 Å². The van der Waals surface area contributed by atoms with Gasteiger partial charge in [-0.15, -0.1) is 0 Å². The van der Waals surface area contributed by atoms with Gasteiger partial charge in [-0.2, -0.15) is 0 Å². The van der Waals surface area contributed by atoms with E-state index >= 15 is 0 Å². The molecule has 0 bridgehead atoms. The molecule has 1 heterocycles. The Labute approximate surface area is 134 Å². The molecule has 1 saturated heterocycles. The third kappa shape index (κ3) is 3.05. The number of benzene rings is 1. The number of hydrogen-bond donors (Lipinski definition) is 1. The van der Waals surface area contributed by atoms with Gasteiger partial charge in [-0.1, -0.05) is 49.1 Å². The minimum atomic E-state index is -0.269. The lowest BCUT2D eigenvalue weighted by Crippen LogP contribution is -2.49. The molecule has 120 valence electrons. The van der Waals surface area contributed by atoms with Crippen molar-refractivity contribution in [2.75, 3.05) is 26.2 Å². The Morgan fingerprint density at radius 3 is 2.68 bits per heavy atom. The number of carbonyl (C=O) groups is 1. The van der Waals surface area contributed by atoms with E-state index in [1.165, 1.54) is 30.4 Å². The van der Waals surface area contributed by atoms with E-state index in [9.17, 15) is 4.79 Å². The van der Waals surface area contributed by atoms with E-state index in [-0.39, 0.29) is 5.41 Å². The van der Waals surface area contributed by atoms with Crippen LogP contribution in [-0.4, -0.2) is 37.0 Å². The van der Waals surface area contributed by atoms with Crippen molar-refractivity contribution in [2.45, 2.75) is 50.9 Å². The lowest BCUT2D eigenvalue weighted by molar-refractivity contribution is -0.138. The fraction of sp³-hybridized carbons (Fsp3) is 0.632. The van der Waals surface area contributed by atoms with Crippen LogP contribution in [0.5, 0.6) is 0 Å². The summed E-state index contributed by atoms with van der Waals surface area (Å²) >= 11 is 0. The average Bonchev–Trinajstić information content (AvgIpc) is 2.84. The van der Waals surface area contributed by atoms with Crippen molar-refractivity contribution in [3.05, 3.63) is 35.4 Å². The Hall–Kier alpha value is -1.35. The summed E-state index contributed by atoms with van der Waals surface area (Å²) in [5.74, 6) is 0.376. The number of nitrogens with zero attached hydrogens (tertiary/aromatic N) is 1. The molecule has 0 unspecified atom stereocenters. The molecular weight excluding hydrogens is 272 g/mol. The molecule has 0 radical (unpaired) electrons. The van der Waals surface area contributed by atoms with Crippen molar-refractivity contribution >= 4 is 5.91 Å². The topological polar surface area (TPSA) is 32.3 Å². The fourth-order valence-corrected chi connectivity index (χ4v) is 4.08. The molecule has 0 aromatic heterocycles. The predicted octanol–water partition coefficient (Wildman–Crippen LogP) is 3.02. The minimum absolute atomic E-state index is 0.269. The zero-order valence-electron chi connectivity index (χ0n) is 13.7. The van der Waals surface area contributed by atoms with Crippen LogP contribution >= 0.6 is 0 Å². The molecule has 0 spiro atoms. The van der Waals surface area contributed by atoms with Crippen LogP contribution in [0.2, 0.25) is 0 Å². The number of hydrogen-bond acceptors (Lipinski definition) is 2. The Balaban J connectivity index is 1.92. The molecule has 2 aliphatic rings. The van der Waals surface area contributed by atoms with Crippen LogP contribution in [0.1, 0.15) is 49.7 Å². The zero-order valence-corrected chi connectivity index (χ0v) is 13.7. The molecular formula is C19H28N2O. The third-order valence-corrected chi connectivity index (χ3v) is 5.31. The minimum Gasteiger partial charge on any atom is -0.341 e. The van der Waals surface area contributed by atoms with Crippen LogP contribution in [0.4, 0.5) is 0 Å². The maximum atomic E-state index is 13.4. The van der Waals surface area contributed by atoms with E-state index in [1.807, 2.05) is 0 Å². The molecule has 3 rings (SSSR count). The number of rotatable bonds is 2.